The lowest BCUT2D eigenvalue weighted by molar-refractivity contribution is 0.230. The summed E-state index contributed by atoms with van der Waals surface area (Å²) in [6.45, 7) is 1.96. The Morgan fingerprint density at radius 1 is 1.31 bits per heavy atom. The normalized spacial score (nSPS) is 9.46. The molecule has 0 spiro atoms. The van der Waals surface area contributed by atoms with Gasteiger partial charge in [-0.25, -0.2) is 4.79 Å². The summed E-state index contributed by atoms with van der Waals surface area (Å²) in [5, 5.41) is 2.80. The highest BCUT2D eigenvalue weighted by molar-refractivity contribution is 5.89. The third-order valence-corrected chi connectivity index (χ3v) is 1.79. The summed E-state index contributed by atoms with van der Waals surface area (Å²) in [4.78, 5) is 12.8. The number of benzene rings is 1. The average Bonchev–Trinajstić information content (AvgIpc) is 2.08. The van der Waals surface area contributed by atoms with Gasteiger partial charge in [-0.3, -0.25) is 0 Å². The van der Waals surface area contributed by atoms with Crippen LogP contribution >= 0.6 is 0 Å². The largest absolute Gasteiger partial charge is 0.331 e. The van der Waals surface area contributed by atoms with Crippen molar-refractivity contribution < 1.29 is 4.79 Å². The molecule has 3 heteroatoms. The number of para-hydroxylation sites is 1. The number of nitrogens with zero attached hydrogens (tertiary/aromatic N) is 1. The summed E-state index contributed by atoms with van der Waals surface area (Å²) in [7, 11) is 3.43. The predicted octanol–water partition coefficient (Wildman–Crippen LogP) is 2.09. The standard InChI is InChI=1S/C10H14N2O/c1-8-6-4-5-7-9(8)11-10(13)12(2)3/h4-7H,1-3H3,(H,11,13). The second-order valence-corrected chi connectivity index (χ2v) is 3.14. The van der Waals surface area contributed by atoms with Crippen molar-refractivity contribution in [3.63, 3.8) is 0 Å². The highest BCUT2D eigenvalue weighted by atomic mass is 16.2. The topological polar surface area (TPSA) is 32.3 Å². The first-order valence-corrected chi connectivity index (χ1v) is 4.15. The van der Waals surface area contributed by atoms with E-state index in [0.29, 0.717) is 0 Å². The molecule has 0 aliphatic heterocycles. The summed E-state index contributed by atoms with van der Waals surface area (Å²) in [6.07, 6.45) is 0. The Kier molecular flexibility index (Phi) is 2.90. The van der Waals surface area contributed by atoms with Crippen LogP contribution in [0.15, 0.2) is 24.3 Å². The predicted molar refractivity (Wildman–Crippen MR) is 53.9 cm³/mol. The van der Waals surface area contributed by atoms with Gasteiger partial charge in [-0.05, 0) is 18.6 Å². The molecule has 0 radical (unpaired) electrons. The Hall–Kier alpha value is -1.51. The zero-order valence-electron chi connectivity index (χ0n) is 8.16. The molecule has 0 aliphatic carbocycles. The number of urea groups is 1. The van der Waals surface area contributed by atoms with E-state index in [1.54, 1.807) is 14.1 Å². The van der Waals surface area contributed by atoms with E-state index in [-0.39, 0.29) is 6.03 Å². The molecule has 1 N–H and O–H groups in total. The Balaban J connectivity index is 2.75. The van der Waals surface area contributed by atoms with Crippen LogP contribution in [0.3, 0.4) is 0 Å². The number of carbonyl (C=O) groups excluding carboxylic acids is 1. The third kappa shape index (κ3) is 2.47. The Bertz CT molecular complexity index is 308. The first-order valence-electron chi connectivity index (χ1n) is 4.15. The minimum absolute atomic E-state index is 0.102. The van der Waals surface area contributed by atoms with Gasteiger partial charge in [0.05, 0.1) is 0 Å². The minimum Gasteiger partial charge on any atom is -0.331 e. The zero-order chi connectivity index (χ0) is 9.84. The van der Waals surface area contributed by atoms with Crippen molar-refractivity contribution in [1.29, 1.82) is 0 Å². The number of nitrogens with one attached hydrogen (secondary N) is 1. The highest BCUT2D eigenvalue weighted by Gasteiger charge is 2.04. The summed E-state index contributed by atoms with van der Waals surface area (Å²) in [6, 6.07) is 7.59. The molecule has 0 bridgehead atoms. The van der Waals surface area contributed by atoms with E-state index in [4.69, 9.17) is 0 Å². The van der Waals surface area contributed by atoms with Crippen molar-refractivity contribution in [2.75, 3.05) is 19.4 Å². The van der Waals surface area contributed by atoms with Crippen molar-refractivity contribution >= 4 is 11.7 Å². The van der Waals surface area contributed by atoms with Crippen LogP contribution in [0.5, 0.6) is 0 Å². The van der Waals surface area contributed by atoms with E-state index in [9.17, 15) is 4.79 Å². The maximum absolute atomic E-state index is 11.3. The molecule has 1 rings (SSSR count). The lowest BCUT2D eigenvalue weighted by atomic mass is 10.2. The molecule has 1 aromatic carbocycles. The maximum atomic E-state index is 11.3. The van der Waals surface area contributed by atoms with Crippen LogP contribution in [-0.2, 0) is 0 Å². The minimum atomic E-state index is -0.102. The van der Waals surface area contributed by atoms with Crippen LogP contribution in [-0.4, -0.2) is 25.0 Å². The van der Waals surface area contributed by atoms with Crippen molar-refractivity contribution in [3.8, 4) is 0 Å². The Labute approximate surface area is 78.4 Å². The smallest absolute Gasteiger partial charge is 0.321 e. The lowest BCUT2D eigenvalue weighted by Crippen LogP contribution is -2.27. The monoisotopic (exact) mass is 178 g/mol. The van der Waals surface area contributed by atoms with Gasteiger partial charge < -0.3 is 10.2 Å². The number of rotatable bonds is 1. The molecule has 2 amide bonds. The molecule has 0 aromatic heterocycles. The number of hydrogen-bond donors (Lipinski definition) is 1. The molecule has 0 unspecified atom stereocenters. The Morgan fingerprint density at radius 2 is 1.92 bits per heavy atom. The molecular formula is C10H14N2O. The fraction of sp³-hybridized carbons (Fsp3) is 0.300. The molecule has 3 nitrogen and oxygen atoms in total. The highest BCUT2D eigenvalue weighted by Crippen LogP contribution is 2.12. The zero-order valence-corrected chi connectivity index (χ0v) is 8.16. The van der Waals surface area contributed by atoms with E-state index in [1.165, 1.54) is 4.90 Å². The van der Waals surface area contributed by atoms with Gasteiger partial charge in [-0.2, -0.15) is 0 Å². The molecule has 0 aliphatic rings. The molecule has 0 saturated heterocycles. The van der Waals surface area contributed by atoms with E-state index in [0.717, 1.165) is 11.3 Å². The summed E-state index contributed by atoms with van der Waals surface area (Å²) in [5.74, 6) is 0. The number of carbonyl (C=O) groups is 1. The third-order valence-electron chi connectivity index (χ3n) is 1.79. The SMILES string of the molecule is Cc1ccccc1NC(=O)N(C)C. The van der Waals surface area contributed by atoms with Crippen molar-refractivity contribution in [3.05, 3.63) is 29.8 Å². The van der Waals surface area contributed by atoms with E-state index >= 15 is 0 Å². The average molecular weight is 178 g/mol. The first kappa shape index (κ1) is 9.58. The van der Waals surface area contributed by atoms with Gasteiger partial charge in [0.2, 0.25) is 0 Å². The van der Waals surface area contributed by atoms with Gasteiger partial charge in [0.25, 0.3) is 0 Å². The molecule has 0 fully saturated rings. The van der Waals surface area contributed by atoms with Crippen LogP contribution in [0.4, 0.5) is 10.5 Å². The van der Waals surface area contributed by atoms with E-state index < -0.39 is 0 Å². The summed E-state index contributed by atoms with van der Waals surface area (Å²) >= 11 is 0. The van der Waals surface area contributed by atoms with Crippen molar-refractivity contribution in [2.45, 2.75) is 6.92 Å². The molecule has 0 heterocycles. The van der Waals surface area contributed by atoms with Crippen LogP contribution < -0.4 is 5.32 Å². The number of anilines is 1. The van der Waals surface area contributed by atoms with Gasteiger partial charge in [0.1, 0.15) is 0 Å². The van der Waals surface area contributed by atoms with Crippen LogP contribution in [0.25, 0.3) is 0 Å². The van der Waals surface area contributed by atoms with Crippen molar-refractivity contribution in [2.24, 2.45) is 0 Å². The number of amides is 2. The molecule has 13 heavy (non-hydrogen) atoms. The number of aryl methyl sites for hydroxylation is 1. The van der Waals surface area contributed by atoms with E-state index in [2.05, 4.69) is 5.32 Å². The van der Waals surface area contributed by atoms with Crippen LogP contribution in [0, 0.1) is 6.92 Å². The Morgan fingerprint density at radius 3 is 2.46 bits per heavy atom. The second kappa shape index (κ2) is 3.94. The number of hydrogen-bond acceptors (Lipinski definition) is 1. The summed E-state index contributed by atoms with van der Waals surface area (Å²) in [5.41, 5.74) is 1.93. The molecule has 1 aromatic rings. The van der Waals surface area contributed by atoms with Gasteiger partial charge in [0, 0.05) is 19.8 Å². The summed E-state index contributed by atoms with van der Waals surface area (Å²) < 4.78 is 0. The van der Waals surface area contributed by atoms with Gasteiger partial charge in [-0.15, -0.1) is 0 Å². The van der Waals surface area contributed by atoms with Gasteiger partial charge in [0.15, 0.2) is 0 Å². The van der Waals surface area contributed by atoms with Crippen LogP contribution in [0.2, 0.25) is 0 Å². The molecular weight excluding hydrogens is 164 g/mol. The maximum Gasteiger partial charge on any atom is 0.321 e. The fourth-order valence-electron chi connectivity index (χ4n) is 0.940. The fourth-order valence-corrected chi connectivity index (χ4v) is 0.940. The lowest BCUT2D eigenvalue weighted by Gasteiger charge is -2.13. The molecule has 0 saturated carbocycles. The molecule has 0 atom stereocenters. The first-order chi connectivity index (χ1) is 6.11. The van der Waals surface area contributed by atoms with Crippen molar-refractivity contribution in [1.82, 2.24) is 4.90 Å². The van der Waals surface area contributed by atoms with Crippen LogP contribution in [0.1, 0.15) is 5.56 Å². The van der Waals surface area contributed by atoms with Gasteiger partial charge in [-0.1, -0.05) is 18.2 Å². The quantitative estimate of drug-likeness (QED) is 0.701. The second-order valence-electron chi connectivity index (χ2n) is 3.14. The van der Waals surface area contributed by atoms with E-state index in [1.807, 2.05) is 31.2 Å². The van der Waals surface area contributed by atoms with Gasteiger partial charge >= 0.3 is 6.03 Å². The molecule has 70 valence electrons.